The standard InChI is InChI=1S/C19H23FN2O3/c1-22(2)17(13-8-10-15(20)11-9-13)19(23)21-12-14-6-5-7-16(24-3)18(14)25-4/h5-11,17H,12H2,1-4H3,(H,21,23)/t17-/m1/s1. The Balaban J connectivity index is 2.16. The number of carbonyl (C=O) groups is 1. The van der Waals surface area contributed by atoms with Crippen molar-refractivity contribution in [3.8, 4) is 11.5 Å². The Labute approximate surface area is 147 Å². The van der Waals surface area contributed by atoms with E-state index in [4.69, 9.17) is 9.47 Å². The van der Waals surface area contributed by atoms with E-state index in [2.05, 4.69) is 5.32 Å². The second-order valence-electron chi connectivity index (χ2n) is 5.79. The van der Waals surface area contributed by atoms with Crippen LogP contribution in [0.1, 0.15) is 17.2 Å². The molecule has 0 unspecified atom stereocenters. The van der Waals surface area contributed by atoms with E-state index in [0.717, 1.165) is 11.1 Å². The summed E-state index contributed by atoms with van der Waals surface area (Å²) >= 11 is 0. The molecule has 1 amide bonds. The fraction of sp³-hybridized carbons (Fsp3) is 0.316. The third-order valence-corrected chi connectivity index (χ3v) is 3.89. The Morgan fingerprint density at radius 1 is 1.12 bits per heavy atom. The Bertz CT molecular complexity index is 717. The molecule has 0 spiro atoms. The fourth-order valence-corrected chi connectivity index (χ4v) is 2.70. The second kappa shape index (κ2) is 8.48. The van der Waals surface area contributed by atoms with Crippen LogP contribution in [-0.4, -0.2) is 39.1 Å². The third-order valence-electron chi connectivity index (χ3n) is 3.89. The molecule has 0 saturated carbocycles. The van der Waals surface area contributed by atoms with Crippen LogP contribution in [0, 0.1) is 5.82 Å². The van der Waals surface area contributed by atoms with Crippen LogP contribution >= 0.6 is 0 Å². The van der Waals surface area contributed by atoms with Gasteiger partial charge in [0.1, 0.15) is 11.9 Å². The molecule has 0 aliphatic heterocycles. The van der Waals surface area contributed by atoms with E-state index in [1.807, 2.05) is 12.1 Å². The van der Waals surface area contributed by atoms with Crippen molar-refractivity contribution in [1.29, 1.82) is 0 Å². The molecular weight excluding hydrogens is 323 g/mol. The molecule has 0 aliphatic rings. The topological polar surface area (TPSA) is 50.8 Å². The van der Waals surface area contributed by atoms with Gasteiger partial charge in [-0.25, -0.2) is 4.39 Å². The summed E-state index contributed by atoms with van der Waals surface area (Å²) in [5.41, 5.74) is 1.54. The first-order chi connectivity index (χ1) is 12.0. The first-order valence-electron chi connectivity index (χ1n) is 7.87. The maximum atomic E-state index is 13.1. The molecule has 0 heterocycles. The average Bonchev–Trinajstić information content (AvgIpc) is 2.61. The number of rotatable bonds is 7. The Morgan fingerprint density at radius 3 is 2.36 bits per heavy atom. The van der Waals surface area contributed by atoms with Gasteiger partial charge in [-0.1, -0.05) is 24.3 Å². The van der Waals surface area contributed by atoms with Gasteiger partial charge in [0, 0.05) is 12.1 Å². The predicted octanol–water partition coefficient (Wildman–Crippen LogP) is 2.76. The number of methoxy groups -OCH3 is 2. The molecule has 2 rings (SSSR count). The minimum Gasteiger partial charge on any atom is -0.493 e. The number of amides is 1. The summed E-state index contributed by atoms with van der Waals surface area (Å²) in [6.07, 6.45) is 0. The molecule has 0 aliphatic carbocycles. The number of nitrogens with zero attached hydrogens (tertiary/aromatic N) is 1. The molecule has 1 N–H and O–H groups in total. The number of nitrogens with one attached hydrogen (secondary N) is 1. The summed E-state index contributed by atoms with van der Waals surface area (Å²) in [5.74, 6) is 0.690. The molecule has 0 fully saturated rings. The lowest BCUT2D eigenvalue weighted by Crippen LogP contribution is -2.36. The van der Waals surface area contributed by atoms with Crippen molar-refractivity contribution in [1.82, 2.24) is 10.2 Å². The van der Waals surface area contributed by atoms with Crippen LogP contribution in [0.3, 0.4) is 0 Å². The van der Waals surface area contributed by atoms with Crippen LogP contribution in [0.15, 0.2) is 42.5 Å². The number of hydrogen-bond donors (Lipinski definition) is 1. The zero-order valence-electron chi connectivity index (χ0n) is 14.9. The zero-order chi connectivity index (χ0) is 18.4. The highest BCUT2D eigenvalue weighted by atomic mass is 19.1. The Kier molecular flexibility index (Phi) is 6.36. The van der Waals surface area contributed by atoms with Crippen LogP contribution in [0.5, 0.6) is 11.5 Å². The maximum absolute atomic E-state index is 13.1. The van der Waals surface area contributed by atoms with Crippen molar-refractivity contribution in [3.63, 3.8) is 0 Å². The number of carbonyl (C=O) groups excluding carboxylic acids is 1. The van der Waals surface area contributed by atoms with Crippen molar-refractivity contribution in [3.05, 3.63) is 59.4 Å². The van der Waals surface area contributed by atoms with Gasteiger partial charge in [-0.05, 0) is 37.9 Å². The lowest BCUT2D eigenvalue weighted by atomic mass is 10.0. The van der Waals surface area contributed by atoms with E-state index < -0.39 is 6.04 Å². The number of ether oxygens (including phenoxy) is 2. The molecule has 0 aromatic heterocycles. The van der Waals surface area contributed by atoms with Crippen molar-refractivity contribution in [2.45, 2.75) is 12.6 Å². The summed E-state index contributed by atoms with van der Waals surface area (Å²) in [6, 6.07) is 10.9. The van der Waals surface area contributed by atoms with Gasteiger partial charge >= 0.3 is 0 Å². The van der Waals surface area contributed by atoms with Crippen LogP contribution in [-0.2, 0) is 11.3 Å². The molecule has 2 aromatic carbocycles. The third kappa shape index (κ3) is 4.48. The summed E-state index contributed by atoms with van der Waals surface area (Å²) < 4.78 is 23.8. The van der Waals surface area contributed by atoms with E-state index in [-0.39, 0.29) is 11.7 Å². The molecule has 0 saturated heterocycles. The Morgan fingerprint density at radius 2 is 1.80 bits per heavy atom. The first-order valence-corrected chi connectivity index (χ1v) is 7.87. The molecule has 5 nitrogen and oxygen atoms in total. The largest absolute Gasteiger partial charge is 0.493 e. The molecule has 0 bridgehead atoms. The molecule has 134 valence electrons. The molecule has 1 atom stereocenters. The monoisotopic (exact) mass is 346 g/mol. The normalized spacial score (nSPS) is 11.9. The predicted molar refractivity (Wildman–Crippen MR) is 94.2 cm³/mol. The van der Waals surface area contributed by atoms with Crippen LogP contribution in [0.2, 0.25) is 0 Å². The van der Waals surface area contributed by atoms with Crippen molar-refractivity contribution >= 4 is 5.91 Å². The number of halogens is 1. The zero-order valence-corrected chi connectivity index (χ0v) is 14.9. The smallest absolute Gasteiger partial charge is 0.242 e. The van der Waals surface area contributed by atoms with Gasteiger partial charge in [-0.3, -0.25) is 9.69 Å². The molecule has 2 aromatic rings. The number of benzene rings is 2. The molecule has 25 heavy (non-hydrogen) atoms. The summed E-state index contributed by atoms with van der Waals surface area (Å²) in [6.45, 7) is 0.296. The van der Waals surface area contributed by atoms with Crippen molar-refractivity contribution < 1.29 is 18.7 Å². The number of para-hydroxylation sites is 1. The lowest BCUT2D eigenvalue weighted by Gasteiger charge is -2.24. The van der Waals surface area contributed by atoms with E-state index >= 15 is 0 Å². The summed E-state index contributed by atoms with van der Waals surface area (Å²) in [5, 5.41) is 2.91. The van der Waals surface area contributed by atoms with E-state index in [1.54, 1.807) is 51.4 Å². The van der Waals surface area contributed by atoms with Gasteiger partial charge < -0.3 is 14.8 Å². The van der Waals surface area contributed by atoms with Gasteiger partial charge in [-0.2, -0.15) is 0 Å². The van der Waals surface area contributed by atoms with Crippen molar-refractivity contribution in [2.75, 3.05) is 28.3 Å². The second-order valence-corrected chi connectivity index (χ2v) is 5.79. The Hall–Kier alpha value is -2.60. The van der Waals surface area contributed by atoms with Gasteiger partial charge in [0.05, 0.1) is 14.2 Å². The number of likely N-dealkylation sites (N-methyl/N-ethyl adjacent to an activating group) is 1. The minimum absolute atomic E-state index is 0.179. The van der Waals surface area contributed by atoms with Crippen LogP contribution in [0.4, 0.5) is 4.39 Å². The van der Waals surface area contributed by atoms with Crippen LogP contribution in [0.25, 0.3) is 0 Å². The molecular formula is C19H23FN2O3. The average molecular weight is 346 g/mol. The van der Waals surface area contributed by atoms with Gasteiger partial charge in [0.25, 0.3) is 0 Å². The van der Waals surface area contributed by atoms with Crippen LogP contribution < -0.4 is 14.8 Å². The highest BCUT2D eigenvalue weighted by Gasteiger charge is 2.23. The molecule has 0 radical (unpaired) electrons. The maximum Gasteiger partial charge on any atom is 0.242 e. The summed E-state index contributed by atoms with van der Waals surface area (Å²) in [7, 11) is 6.74. The van der Waals surface area contributed by atoms with Gasteiger partial charge in [0.2, 0.25) is 5.91 Å². The van der Waals surface area contributed by atoms with Gasteiger partial charge in [-0.15, -0.1) is 0 Å². The number of hydrogen-bond acceptors (Lipinski definition) is 4. The van der Waals surface area contributed by atoms with Crippen molar-refractivity contribution in [2.24, 2.45) is 0 Å². The SMILES string of the molecule is COc1cccc(CNC(=O)[C@@H](c2ccc(F)cc2)N(C)C)c1OC. The summed E-state index contributed by atoms with van der Waals surface area (Å²) in [4.78, 5) is 14.5. The first kappa shape index (κ1) is 18.7. The highest BCUT2D eigenvalue weighted by molar-refractivity contribution is 5.83. The molecule has 6 heteroatoms. The van der Waals surface area contributed by atoms with E-state index in [1.165, 1.54) is 12.1 Å². The van der Waals surface area contributed by atoms with E-state index in [0.29, 0.717) is 18.0 Å². The fourth-order valence-electron chi connectivity index (χ4n) is 2.70. The minimum atomic E-state index is -0.516. The van der Waals surface area contributed by atoms with Gasteiger partial charge in [0.15, 0.2) is 11.5 Å². The highest BCUT2D eigenvalue weighted by Crippen LogP contribution is 2.30. The quantitative estimate of drug-likeness (QED) is 0.838. The van der Waals surface area contributed by atoms with E-state index in [9.17, 15) is 9.18 Å². The lowest BCUT2D eigenvalue weighted by molar-refractivity contribution is -0.125.